The summed E-state index contributed by atoms with van der Waals surface area (Å²) in [7, 11) is 0. The van der Waals surface area contributed by atoms with Crippen LogP contribution in [-0.4, -0.2) is 26.4 Å². The minimum atomic E-state index is 0.612. The summed E-state index contributed by atoms with van der Waals surface area (Å²) in [5.74, 6) is 0.906. The number of ether oxygens (including phenoxy) is 2. The van der Waals surface area contributed by atoms with E-state index in [1.165, 1.54) is 12.0 Å². The molecule has 1 rings (SSSR count). The van der Waals surface area contributed by atoms with Crippen molar-refractivity contribution in [2.75, 3.05) is 26.4 Å². The van der Waals surface area contributed by atoms with Gasteiger partial charge in [-0.15, -0.1) is 0 Å². The number of hydrogen-bond acceptors (Lipinski definition) is 3. The molecule has 0 unspecified atom stereocenters. The van der Waals surface area contributed by atoms with E-state index in [1.54, 1.807) is 0 Å². The van der Waals surface area contributed by atoms with E-state index in [4.69, 9.17) is 9.47 Å². The Morgan fingerprint density at radius 3 is 2.47 bits per heavy atom. The summed E-state index contributed by atoms with van der Waals surface area (Å²) in [5.41, 5.74) is 1.29. The Balaban J connectivity index is 2.24. The average Bonchev–Trinajstić information content (AvgIpc) is 2.37. The maximum atomic E-state index is 5.54. The molecular weight excluding hydrogens is 214 g/mol. The Bertz CT molecular complexity index is 285. The van der Waals surface area contributed by atoms with Crippen LogP contribution in [0, 0.1) is 0 Å². The molecule has 3 nitrogen and oxygen atoms in total. The van der Waals surface area contributed by atoms with Crippen LogP contribution < -0.4 is 10.1 Å². The summed E-state index contributed by atoms with van der Waals surface area (Å²) >= 11 is 0. The smallest absolute Gasteiger partial charge is 0.119 e. The Labute approximate surface area is 104 Å². The summed E-state index contributed by atoms with van der Waals surface area (Å²) in [5, 5.41) is 3.37. The molecule has 3 heteroatoms. The van der Waals surface area contributed by atoms with Crippen molar-refractivity contribution in [1.29, 1.82) is 0 Å². The standard InChI is InChI=1S/C14H23NO2/c1-3-9-15-12-13-5-7-14(8-6-13)17-11-10-16-4-2/h5-8,15H,3-4,9-12H2,1-2H3. The molecule has 0 aliphatic carbocycles. The summed E-state index contributed by atoms with van der Waals surface area (Å²) in [4.78, 5) is 0. The average molecular weight is 237 g/mol. The molecule has 0 atom stereocenters. The molecule has 0 saturated carbocycles. The van der Waals surface area contributed by atoms with Crippen molar-refractivity contribution in [3.8, 4) is 5.75 Å². The highest BCUT2D eigenvalue weighted by molar-refractivity contribution is 5.27. The molecule has 0 spiro atoms. The lowest BCUT2D eigenvalue weighted by Gasteiger charge is -2.07. The highest BCUT2D eigenvalue weighted by Gasteiger charge is 1.95. The van der Waals surface area contributed by atoms with Crippen LogP contribution in [0.1, 0.15) is 25.8 Å². The highest BCUT2D eigenvalue weighted by atomic mass is 16.5. The maximum Gasteiger partial charge on any atom is 0.119 e. The predicted molar refractivity (Wildman–Crippen MR) is 70.4 cm³/mol. The van der Waals surface area contributed by atoms with Crippen molar-refractivity contribution >= 4 is 0 Å². The van der Waals surface area contributed by atoms with Crippen LogP contribution in [-0.2, 0) is 11.3 Å². The number of nitrogens with one attached hydrogen (secondary N) is 1. The van der Waals surface area contributed by atoms with Gasteiger partial charge in [0.25, 0.3) is 0 Å². The Hall–Kier alpha value is -1.06. The fourth-order valence-corrected chi connectivity index (χ4v) is 1.48. The molecule has 96 valence electrons. The monoisotopic (exact) mass is 237 g/mol. The van der Waals surface area contributed by atoms with Crippen LogP contribution in [0.15, 0.2) is 24.3 Å². The predicted octanol–water partition coefficient (Wildman–Crippen LogP) is 2.60. The quantitative estimate of drug-likeness (QED) is 0.670. The normalized spacial score (nSPS) is 10.5. The van der Waals surface area contributed by atoms with Gasteiger partial charge in [-0.25, -0.2) is 0 Å². The first-order chi connectivity index (χ1) is 8.36. The Morgan fingerprint density at radius 2 is 1.82 bits per heavy atom. The van der Waals surface area contributed by atoms with E-state index in [-0.39, 0.29) is 0 Å². The zero-order chi connectivity index (χ0) is 12.3. The van der Waals surface area contributed by atoms with Crippen molar-refractivity contribution in [2.45, 2.75) is 26.8 Å². The van der Waals surface area contributed by atoms with E-state index < -0.39 is 0 Å². The van der Waals surface area contributed by atoms with Crippen molar-refractivity contribution in [3.63, 3.8) is 0 Å². The second-order valence-corrected chi connectivity index (χ2v) is 3.87. The van der Waals surface area contributed by atoms with E-state index in [0.717, 1.165) is 25.4 Å². The van der Waals surface area contributed by atoms with Gasteiger partial charge in [-0.2, -0.15) is 0 Å². The van der Waals surface area contributed by atoms with E-state index >= 15 is 0 Å². The number of benzene rings is 1. The molecule has 0 aromatic heterocycles. The lowest BCUT2D eigenvalue weighted by atomic mass is 10.2. The molecule has 0 fully saturated rings. The zero-order valence-corrected chi connectivity index (χ0v) is 10.9. The Morgan fingerprint density at radius 1 is 1.06 bits per heavy atom. The summed E-state index contributed by atoms with van der Waals surface area (Å²) in [6.45, 7) is 8.14. The van der Waals surface area contributed by atoms with Gasteiger partial charge < -0.3 is 14.8 Å². The maximum absolute atomic E-state index is 5.54. The molecule has 1 aromatic carbocycles. The van der Waals surface area contributed by atoms with Gasteiger partial charge in [0.2, 0.25) is 0 Å². The highest BCUT2D eigenvalue weighted by Crippen LogP contribution is 2.11. The molecule has 0 aliphatic rings. The Kier molecular flexibility index (Phi) is 7.43. The van der Waals surface area contributed by atoms with Crippen molar-refractivity contribution < 1.29 is 9.47 Å². The van der Waals surface area contributed by atoms with Crippen LogP contribution in [0.25, 0.3) is 0 Å². The van der Waals surface area contributed by atoms with Gasteiger partial charge in [-0.3, -0.25) is 0 Å². The first-order valence-electron chi connectivity index (χ1n) is 6.37. The van der Waals surface area contributed by atoms with Crippen LogP contribution >= 0.6 is 0 Å². The van der Waals surface area contributed by atoms with Gasteiger partial charge >= 0.3 is 0 Å². The van der Waals surface area contributed by atoms with Crippen LogP contribution in [0.3, 0.4) is 0 Å². The first-order valence-corrected chi connectivity index (χ1v) is 6.37. The van der Waals surface area contributed by atoms with Gasteiger partial charge in [0.15, 0.2) is 0 Å². The fourth-order valence-electron chi connectivity index (χ4n) is 1.48. The molecule has 17 heavy (non-hydrogen) atoms. The van der Waals surface area contributed by atoms with Crippen molar-refractivity contribution in [1.82, 2.24) is 5.32 Å². The van der Waals surface area contributed by atoms with Crippen molar-refractivity contribution in [2.24, 2.45) is 0 Å². The van der Waals surface area contributed by atoms with Gasteiger partial charge in [0.05, 0.1) is 6.61 Å². The number of rotatable bonds is 9. The van der Waals surface area contributed by atoms with Gasteiger partial charge in [0, 0.05) is 13.2 Å². The molecular formula is C14H23NO2. The first kappa shape index (κ1) is 14.0. The van der Waals surface area contributed by atoms with Crippen LogP contribution in [0.4, 0.5) is 0 Å². The van der Waals surface area contributed by atoms with Crippen LogP contribution in [0.2, 0.25) is 0 Å². The van der Waals surface area contributed by atoms with E-state index in [9.17, 15) is 0 Å². The summed E-state index contributed by atoms with van der Waals surface area (Å²) in [6.07, 6.45) is 1.17. The van der Waals surface area contributed by atoms with E-state index in [0.29, 0.717) is 13.2 Å². The third-order valence-corrected chi connectivity index (χ3v) is 2.38. The van der Waals surface area contributed by atoms with Gasteiger partial charge in [-0.1, -0.05) is 19.1 Å². The molecule has 0 amide bonds. The van der Waals surface area contributed by atoms with E-state index in [1.807, 2.05) is 19.1 Å². The van der Waals surface area contributed by atoms with Crippen LogP contribution in [0.5, 0.6) is 5.75 Å². The molecule has 0 aliphatic heterocycles. The topological polar surface area (TPSA) is 30.5 Å². The minimum Gasteiger partial charge on any atom is -0.491 e. The van der Waals surface area contributed by atoms with E-state index in [2.05, 4.69) is 24.4 Å². The second kappa shape index (κ2) is 9.02. The fraction of sp³-hybridized carbons (Fsp3) is 0.571. The minimum absolute atomic E-state index is 0.612. The largest absolute Gasteiger partial charge is 0.491 e. The molecule has 1 N–H and O–H groups in total. The third kappa shape index (κ3) is 6.29. The van der Waals surface area contributed by atoms with Gasteiger partial charge in [0.1, 0.15) is 12.4 Å². The summed E-state index contributed by atoms with van der Waals surface area (Å²) in [6, 6.07) is 8.21. The second-order valence-electron chi connectivity index (χ2n) is 3.87. The molecule has 0 radical (unpaired) electrons. The zero-order valence-electron chi connectivity index (χ0n) is 10.9. The van der Waals surface area contributed by atoms with Crippen molar-refractivity contribution in [3.05, 3.63) is 29.8 Å². The molecule has 0 bridgehead atoms. The lowest BCUT2D eigenvalue weighted by Crippen LogP contribution is -2.13. The molecule has 0 heterocycles. The SMILES string of the molecule is CCCNCc1ccc(OCCOCC)cc1. The molecule has 1 aromatic rings. The lowest BCUT2D eigenvalue weighted by molar-refractivity contribution is 0.110. The third-order valence-electron chi connectivity index (χ3n) is 2.38. The summed E-state index contributed by atoms with van der Waals surface area (Å²) < 4.78 is 10.8. The number of hydrogen-bond donors (Lipinski definition) is 1. The molecule has 0 saturated heterocycles. The van der Waals surface area contributed by atoms with Gasteiger partial charge in [-0.05, 0) is 37.6 Å².